The highest BCUT2D eigenvalue weighted by molar-refractivity contribution is 5.66. The number of carbonyl (C=O) groups is 1. The van der Waals surface area contributed by atoms with E-state index in [1.807, 2.05) is 12.2 Å². The summed E-state index contributed by atoms with van der Waals surface area (Å²) >= 11 is 0. The van der Waals surface area contributed by atoms with Crippen LogP contribution in [0.25, 0.3) is 0 Å². The molecular weight excluding hydrogens is 534 g/mol. The van der Waals surface area contributed by atoms with Gasteiger partial charge in [0.2, 0.25) is 0 Å². The Hall–Kier alpha value is -2.61. The number of anilines is 1. The van der Waals surface area contributed by atoms with Gasteiger partial charge in [-0.1, -0.05) is 50.5 Å². The van der Waals surface area contributed by atoms with Crippen LogP contribution in [0.3, 0.4) is 0 Å². The number of nitrogens with zero attached hydrogens (tertiary/aromatic N) is 3. The SMILES string of the molecule is CCCCC[C@H](O)/C=C/[C@H]1C(O)N(c2ccn([C@H]3C[C@H](O)[C@@H](CO)O3)c(=O)n2)C(C)(O)[C@@H]1C/C=C\CCCC(=O)O. The molecule has 1 aromatic heterocycles. The number of allylic oxidation sites excluding steroid dienone is 2. The average molecular weight is 580 g/mol. The molecule has 0 amide bonds. The van der Waals surface area contributed by atoms with Crippen molar-refractivity contribution in [3.8, 4) is 0 Å². The number of carboxylic acids is 1. The molecule has 2 aliphatic heterocycles. The molecule has 0 aliphatic carbocycles. The van der Waals surface area contributed by atoms with Crippen LogP contribution in [0.4, 0.5) is 5.82 Å². The summed E-state index contributed by atoms with van der Waals surface area (Å²) < 4.78 is 6.76. The van der Waals surface area contributed by atoms with Crippen LogP contribution in [0, 0.1) is 11.8 Å². The molecular formula is C29H45N3O9. The zero-order chi connectivity index (χ0) is 30.2. The minimum atomic E-state index is -1.64. The van der Waals surface area contributed by atoms with Gasteiger partial charge in [0.05, 0.1) is 18.8 Å². The first-order chi connectivity index (χ1) is 19.5. The predicted octanol–water partition coefficient (Wildman–Crippen LogP) is 1.66. The highest BCUT2D eigenvalue weighted by Gasteiger charge is 2.54. The maximum atomic E-state index is 13.0. The summed E-state index contributed by atoms with van der Waals surface area (Å²) in [6.45, 7) is 3.23. The fourth-order valence-electron chi connectivity index (χ4n) is 5.67. The van der Waals surface area contributed by atoms with E-state index in [4.69, 9.17) is 9.84 Å². The number of ether oxygens (including phenoxy) is 1. The molecule has 0 saturated carbocycles. The number of hydrogen-bond donors (Lipinski definition) is 6. The van der Waals surface area contributed by atoms with Crippen LogP contribution < -0.4 is 10.6 Å². The Kier molecular flexibility index (Phi) is 12.1. The van der Waals surface area contributed by atoms with E-state index in [0.717, 1.165) is 19.3 Å². The number of rotatable bonds is 15. The first kappa shape index (κ1) is 32.9. The first-order valence-corrected chi connectivity index (χ1v) is 14.5. The van der Waals surface area contributed by atoms with E-state index in [2.05, 4.69) is 11.9 Å². The van der Waals surface area contributed by atoms with Gasteiger partial charge in [-0.05, 0) is 38.7 Å². The smallest absolute Gasteiger partial charge is 0.351 e. The minimum absolute atomic E-state index is 0.0517. The lowest BCUT2D eigenvalue weighted by molar-refractivity contribution is -0.137. The van der Waals surface area contributed by atoms with Gasteiger partial charge in [-0.3, -0.25) is 9.36 Å². The van der Waals surface area contributed by atoms with E-state index in [-0.39, 0.29) is 18.7 Å². The molecule has 6 N–H and O–H groups in total. The summed E-state index contributed by atoms with van der Waals surface area (Å²) in [4.78, 5) is 29.1. The van der Waals surface area contributed by atoms with Gasteiger partial charge in [0, 0.05) is 30.9 Å². The second-order valence-electron chi connectivity index (χ2n) is 11.1. The van der Waals surface area contributed by atoms with Crippen LogP contribution in [-0.2, 0) is 9.53 Å². The molecule has 2 unspecified atom stereocenters. The van der Waals surface area contributed by atoms with Crippen LogP contribution in [-0.4, -0.2) is 83.0 Å². The van der Waals surface area contributed by atoms with Gasteiger partial charge in [-0.2, -0.15) is 4.98 Å². The number of aliphatic hydroxyl groups is 5. The Balaban J connectivity index is 1.84. The third-order valence-electron chi connectivity index (χ3n) is 8.00. The van der Waals surface area contributed by atoms with Crippen molar-refractivity contribution in [2.45, 2.75) is 108 Å². The van der Waals surface area contributed by atoms with Crippen molar-refractivity contribution in [1.29, 1.82) is 0 Å². The van der Waals surface area contributed by atoms with Crippen molar-refractivity contribution in [1.82, 2.24) is 9.55 Å². The second kappa shape index (κ2) is 15.0. The number of unbranched alkanes of at least 4 members (excludes halogenated alkanes) is 3. The monoisotopic (exact) mass is 579 g/mol. The fraction of sp³-hybridized carbons (Fsp3) is 0.690. The molecule has 41 heavy (non-hydrogen) atoms. The normalized spacial score (nSPS) is 31.0. The third kappa shape index (κ3) is 8.24. The number of aromatic nitrogens is 2. The van der Waals surface area contributed by atoms with Crippen LogP contribution in [0.2, 0.25) is 0 Å². The molecule has 8 atom stereocenters. The summed E-state index contributed by atoms with van der Waals surface area (Å²) in [7, 11) is 0. The third-order valence-corrected chi connectivity index (χ3v) is 8.00. The number of aliphatic hydroxyl groups excluding tert-OH is 4. The Morgan fingerprint density at radius 3 is 2.66 bits per heavy atom. The molecule has 0 radical (unpaired) electrons. The Morgan fingerprint density at radius 1 is 1.27 bits per heavy atom. The quantitative estimate of drug-likeness (QED) is 0.131. The Labute approximate surface area is 240 Å². The summed E-state index contributed by atoms with van der Waals surface area (Å²) in [5.74, 6) is -1.97. The predicted molar refractivity (Wildman–Crippen MR) is 151 cm³/mol. The molecule has 12 nitrogen and oxygen atoms in total. The molecule has 1 aromatic rings. The van der Waals surface area contributed by atoms with Gasteiger partial charge in [0.1, 0.15) is 30.1 Å². The Morgan fingerprint density at radius 2 is 2.02 bits per heavy atom. The highest BCUT2D eigenvalue weighted by atomic mass is 16.5. The lowest BCUT2D eigenvalue weighted by Crippen LogP contribution is -2.49. The van der Waals surface area contributed by atoms with Crippen molar-refractivity contribution in [3.05, 3.63) is 47.1 Å². The number of carboxylic acid groups (broad SMARTS) is 1. The minimum Gasteiger partial charge on any atom is -0.481 e. The molecule has 12 heteroatoms. The fourth-order valence-corrected chi connectivity index (χ4v) is 5.67. The van der Waals surface area contributed by atoms with Crippen molar-refractivity contribution in [2.24, 2.45) is 11.8 Å². The topological polar surface area (TPSA) is 186 Å². The van der Waals surface area contributed by atoms with Crippen molar-refractivity contribution >= 4 is 11.8 Å². The second-order valence-corrected chi connectivity index (χ2v) is 11.1. The summed E-state index contributed by atoms with van der Waals surface area (Å²) in [5.41, 5.74) is -2.35. The molecule has 3 heterocycles. The Bertz CT molecular complexity index is 1110. The van der Waals surface area contributed by atoms with Gasteiger partial charge in [0.25, 0.3) is 0 Å². The van der Waals surface area contributed by atoms with Crippen LogP contribution in [0.1, 0.15) is 77.9 Å². The molecule has 0 spiro atoms. The summed E-state index contributed by atoms with van der Waals surface area (Å²) in [6, 6.07) is 1.48. The maximum Gasteiger partial charge on any atom is 0.351 e. The van der Waals surface area contributed by atoms with Gasteiger partial charge in [-0.25, -0.2) is 4.79 Å². The number of aliphatic carboxylic acids is 1. The van der Waals surface area contributed by atoms with E-state index in [9.17, 15) is 35.1 Å². The van der Waals surface area contributed by atoms with Gasteiger partial charge < -0.3 is 40.3 Å². The molecule has 230 valence electrons. The van der Waals surface area contributed by atoms with Gasteiger partial charge in [0.15, 0.2) is 0 Å². The molecule has 2 saturated heterocycles. The van der Waals surface area contributed by atoms with E-state index < -0.39 is 66.6 Å². The molecule has 3 rings (SSSR count). The van der Waals surface area contributed by atoms with Gasteiger partial charge in [-0.15, -0.1) is 0 Å². The first-order valence-electron chi connectivity index (χ1n) is 14.5. The van der Waals surface area contributed by atoms with E-state index >= 15 is 0 Å². The van der Waals surface area contributed by atoms with Crippen molar-refractivity contribution < 1.29 is 40.2 Å². The van der Waals surface area contributed by atoms with E-state index in [1.54, 1.807) is 19.1 Å². The van der Waals surface area contributed by atoms with Crippen LogP contribution in [0.5, 0.6) is 0 Å². The largest absolute Gasteiger partial charge is 0.481 e. The summed E-state index contributed by atoms with van der Waals surface area (Å²) in [5, 5.41) is 61.8. The van der Waals surface area contributed by atoms with Crippen LogP contribution in [0.15, 0.2) is 41.4 Å². The molecule has 0 bridgehead atoms. The molecule has 0 aromatic carbocycles. The average Bonchev–Trinajstić information content (AvgIpc) is 3.37. The molecule has 2 aliphatic rings. The zero-order valence-electron chi connectivity index (χ0n) is 23.8. The summed E-state index contributed by atoms with van der Waals surface area (Å²) in [6.07, 6.45) is 8.96. The standard InChI is InChI=1S/C29H45N3O9/c1-3-4-7-10-19(34)13-14-20-21(11-8-5-6-9-12-26(36)37)29(2,40)32(27(20)38)24-15-16-31(28(39)30-24)25-17-22(35)23(18-33)41-25/h5,8,13-16,19-23,25,27,33-35,38,40H,3-4,6-7,9-12,17-18H2,1-2H3,(H,36,37)/b8-5-,14-13+/t19-,20+,21+,22-,23+,25+,27?,29?/m0/s1. The highest BCUT2D eigenvalue weighted by Crippen LogP contribution is 2.45. The number of hydrogen-bond acceptors (Lipinski definition) is 10. The lowest BCUT2D eigenvalue weighted by atomic mass is 9.84. The lowest BCUT2D eigenvalue weighted by Gasteiger charge is -2.35. The zero-order valence-corrected chi connectivity index (χ0v) is 23.8. The molecule has 2 fully saturated rings. The van der Waals surface area contributed by atoms with Crippen molar-refractivity contribution in [2.75, 3.05) is 11.5 Å². The maximum absolute atomic E-state index is 13.0. The van der Waals surface area contributed by atoms with E-state index in [1.165, 1.54) is 21.7 Å². The van der Waals surface area contributed by atoms with Gasteiger partial charge >= 0.3 is 11.7 Å². The van der Waals surface area contributed by atoms with E-state index in [0.29, 0.717) is 25.7 Å². The van der Waals surface area contributed by atoms with Crippen LogP contribution >= 0.6 is 0 Å². The van der Waals surface area contributed by atoms with Crippen molar-refractivity contribution in [3.63, 3.8) is 0 Å².